The number of hydrogen-bond acceptors (Lipinski definition) is 3. The number of rotatable bonds is 30. The summed E-state index contributed by atoms with van der Waals surface area (Å²) in [6.45, 7) is 12.6. The quantitative estimate of drug-likeness (QED) is 0.0356. The molecule has 0 aromatic carbocycles. The van der Waals surface area contributed by atoms with Gasteiger partial charge in [0, 0.05) is 13.2 Å². The van der Waals surface area contributed by atoms with Gasteiger partial charge in [-0.05, 0) is 12.8 Å². The molecule has 0 aliphatic heterocycles. The summed E-state index contributed by atoms with van der Waals surface area (Å²) < 4.78 is 37.4. The maximum Gasteiger partial charge on any atom is 1.00 e. The van der Waals surface area contributed by atoms with E-state index < -0.39 is 10.4 Å². The second-order valence-electron chi connectivity index (χ2n) is 11.3. The molecule has 42 heavy (non-hydrogen) atoms. The van der Waals surface area contributed by atoms with Crippen molar-refractivity contribution >= 4 is 10.4 Å². The second kappa shape index (κ2) is 48.4. The van der Waals surface area contributed by atoms with Crippen LogP contribution < -0.4 is 29.6 Å². The molecule has 0 aromatic rings. The average molecular weight is 635 g/mol. The van der Waals surface area contributed by atoms with E-state index >= 15 is 0 Å². The maximum atomic E-state index is 8.74. The van der Waals surface area contributed by atoms with Crippen molar-refractivity contribution in [1.29, 1.82) is 0 Å². The first-order valence-corrected chi connectivity index (χ1v) is 18.6. The van der Waals surface area contributed by atoms with Crippen molar-refractivity contribution in [3.63, 3.8) is 0 Å². The minimum absolute atomic E-state index is 0. The molecule has 0 aromatic heterocycles. The van der Waals surface area contributed by atoms with E-state index in [1.807, 2.05) is 0 Å². The van der Waals surface area contributed by atoms with Crippen LogP contribution in [0.25, 0.3) is 0 Å². The molecule has 0 rings (SSSR count). The molecular formula is C34H75NaO6S. The Kier molecular flexibility index (Phi) is 60.1. The Morgan fingerprint density at radius 2 is 0.595 bits per heavy atom. The van der Waals surface area contributed by atoms with Crippen molar-refractivity contribution < 1.29 is 58.7 Å². The van der Waals surface area contributed by atoms with Crippen molar-refractivity contribution in [2.45, 2.75) is 194 Å². The van der Waals surface area contributed by atoms with Gasteiger partial charge in [-0.2, -0.15) is 8.42 Å². The molecule has 0 radical (unpaired) electrons. The summed E-state index contributed by atoms with van der Waals surface area (Å²) in [5.41, 5.74) is 0. The molecular weight excluding hydrogens is 559 g/mol. The number of ether oxygens (including phenoxy) is 1. The van der Waals surface area contributed by atoms with Crippen LogP contribution in [-0.4, -0.2) is 36.2 Å². The predicted octanol–water partition coefficient (Wildman–Crippen LogP) is 8.41. The van der Waals surface area contributed by atoms with Gasteiger partial charge in [0.25, 0.3) is 0 Å². The van der Waals surface area contributed by atoms with Crippen LogP contribution in [0.4, 0.5) is 0 Å². The van der Waals surface area contributed by atoms with Gasteiger partial charge >= 0.3 is 40.0 Å². The number of unbranched alkanes of at least 4 members (excludes halogenated alkanes) is 26. The predicted molar refractivity (Wildman–Crippen MR) is 182 cm³/mol. The summed E-state index contributed by atoms with van der Waals surface area (Å²) in [6, 6.07) is 0. The fourth-order valence-electron chi connectivity index (χ4n) is 4.90. The van der Waals surface area contributed by atoms with Crippen LogP contribution in [0, 0.1) is 0 Å². The van der Waals surface area contributed by atoms with Gasteiger partial charge in [0.2, 0.25) is 0 Å². The van der Waals surface area contributed by atoms with Crippen LogP contribution in [0.1, 0.15) is 195 Å². The van der Waals surface area contributed by atoms with E-state index in [-0.39, 0.29) is 36.5 Å². The third kappa shape index (κ3) is 67.9. The molecule has 8 heteroatoms. The van der Waals surface area contributed by atoms with Crippen molar-refractivity contribution in [2.24, 2.45) is 0 Å². The first-order valence-electron chi connectivity index (χ1n) is 17.2. The molecule has 0 fully saturated rings. The van der Waals surface area contributed by atoms with Crippen LogP contribution >= 0.6 is 0 Å². The Morgan fingerprint density at radius 1 is 0.452 bits per heavy atom. The summed E-state index contributed by atoms with van der Waals surface area (Å²) >= 11 is 0. The SMILES string of the molecule is C=C.CCCCCCCCCCCCCCCCOCCCCCCCCCCCCCCCC.O.O=S(=O)(O)O.[H-].[Na+]. The molecule has 0 amide bonds. The summed E-state index contributed by atoms with van der Waals surface area (Å²) in [6.07, 6.45) is 40.1. The van der Waals surface area contributed by atoms with Crippen LogP contribution in [0.15, 0.2) is 13.2 Å². The third-order valence-corrected chi connectivity index (χ3v) is 7.28. The van der Waals surface area contributed by atoms with Crippen LogP contribution in [0.5, 0.6) is 0 Å². The second-order valence-corrected chi connectivity index (χ2v) is 12.1. The van der Waals surface area contributed by atoms with E-state index in [0.717, 1.165) is 13.2 Å². The Labute approximate surface area is 287 Å². The average Bonchev–Trinajstić information content (AvgIpc) is 2.92. The molecule has 0 spiro atoms. The van der Waals surface area contributed by atoms with Crippen molar-refractivity contribution in [3.8, 4) is 0 Å². The molecule has 6 nitrogen and oxygen atoms in total. The fourth-order valence-corrected chi connectivity index (χ4v) is 4.90. The summed E-state index contributed by atoms with van der Waals surface area (Å²) in [7, 11) is -4.67. The Bertz CT molecular complexity index is 503. The zero-order chi connectivity index (χ0) is 30.4. The van der Waals surface area contributed by atoms with Gasteiger partial charge in [-0.3, -0.25) is 9.11 Å². The van der Waals surface area contributed by atoms with Crippen molar-refractivity contribution in [1.82, 2.24) is 0 Å². The number of hydrogen-bond donors (Lipinski definition) is 2. The third-order valence-electron chi connectivity index (χ3n) is 7.28. The van der Waals surface area contributed by atoms with E-state index in [9.17, 15) is 0 Å². The Balaban J connectivity index is -0.000000308. The van der Waals surface area contributed by atoms with Gasteiger partial charge in [0.15, 0.2) is 0 Å². The Hall–Kier alpha value is 0.530. The summed E-state index contributed by atoms with van der Waals surface area (Å²) in [4.78, 5) is 0. The van der Waals surface area contributed by atoms with E-state index in [1.54, 1.807) is 0 Å². The normalized spacial score (nSPS) is 10.5. The zero-order valence-electron chi connectivity index (χ0n) is 29.7. The molecule has 0 saturated heterocycles. The molecule has 0 bridgehead atoms. The molecule has 0 saturated carbocycles. The fraction of sp³-hybridized carbons (Fsp3) is 0.941. The van der Waals surface area contributed by atoms with E-state index in [1.165, 1.54) is 180 Å². The molecule has 0 heterocycles. The zero-order valence-corrected chi connectivity index (χ0v) is 31.5. The molecule has 4 N–H and O–H groups in total. The summed E-state index contributed by atoms with van der Waals surface area (Å²) in [5, 5.41) is 0. The van der Waals surface area contributed by atoms with Gasteiger partial charge in [-0.15, -0.1) is 13.2 Å². The Morgan fingerprint density at radius 3 is 0.762 bits per heavy atom. The molecule has 254 valence electrons. The molecule has 0 aliphatic rings. The maximum absolute atomic E-state index is 8.74. The monoisotopic (exact) mass is 635 g/mol. The van der Waals surface area contributed by atoms with E-state index in [4.69, 9.17) is 22.3 Å². The summed E-state index contributed by atoms with van der Waals surface area (Å²) in [5.74, 6) is 0. The van der Waals surface area contributed by atoms with E-state index in [0.29, 0.717) is 0 Å². The van der Waals surface area contributed by atoms with Crippen molar-refractivity contribution in [3.05, 3.63) is 13.2 Å². The smallest absolute Gasteiger partial charge is 1.00 e. The largest absolute Gasteiger partial charge is 1.00 e. The van der Waals surface area contributed by atoms with E-state index in [2.05, 4.69) is 27.0 Å². The van der Waals surface area contributed by atoms with Crippen LogP contribution in [0.3, 0.4) is 0 Å². The molecule has 0 aliphatic carbocycles. The van der Waals surface area contributed by atoms with Gasteiger partial charge in [0.05, 0.1) is 0 Å². The minimum atomic E-state index is -4.67. The van der Waals surface area contributed by atoms with Crippen molar-refractivity contribution in [2.75, 3.05) is 13.2 Å². The first-order chi connectivity index (χ1) is 19.4. The van der Waals surface area contributed by atoms with Crippen LogP contribution in [0.2, 0.25) is 0 Å². The van der Waals surface area contributed by atoms with Gasteiger partial charge < -0.3 is 11.6 Å². The molecule has 0 atom stereocenters. The van der Waals surface area contributed by atoms with Crippen LogP contribution in [-0.2, 0) is 15.1 Å². The van der Waals surface area contributed by atoms with Gasteiger partial charge in [0.1, 0.15) is 0 Å². The topological polar surface area (TPSA) is 115 Å². The molecule has 0 unspecified atom stereocenters. The minimum Gasteiger partial charge on any atom is -1.00 e. The van der Waals surface area contributed by atoms with Gasteiger partial charge in [-0.1, -0.05) is 181 Å². The standard InChI is InChI=1S/C32H66O.C2H4.Na.H2O4S.H2O.H/c1-3-5-7-9-11-13-15-17-19-21-23-25-27-29-31-33-32-30-28-26-24-22-20-18-16-14-12-10-8-6-4-2;1-2;;1-5(2,3)4;;/h3-32H2,1-2H3;1-2H2;;(H2,1,2,3,4);1H2;/q;;+1;;;-1. The first kappa shape index (κ1) is 52.1. The van der Waals surface area contributed by atoms with Gasteiger partial charge in [-0.25, -0.2) is 0 Å².